The van der Waals surface area contributed by atoms with Crippen LogP contribution in [0.1, 0.15) is 17.2 Å². The standard InChI is InChI=1S/C14H15N5/c1-19-9-10(8-17-19)14(18-15)12-6-7-16-13-5-3-2-4-11(12)13/h2-9,14,18H,15H2,1H3. The first-order valence-corrected chi connectivity index (χ1v) is 6.08. The normalized spacial score (nSPS) is 12.7. The number of nitrogens with zero attached hydrogens (tertiary/aromatic N) is 3. The van der Waals surface area contributed by atoms with Gasteiger partial charge >= 0.3 is 0 Å². The summed E-state index contributed by atoms with van der Waals surface area (Å²) in [6.07, 6.45) is 5.58. The van der Waals surface area contributed by atoms with Gasteiger partial charge in [-0.2, -0.15) is 5.10 Å². The molecule has 0 spiro atoms. The van der Waals surface area contributed by atoms with Crippen LogP contribution in [0.5, 0.6) is 0 Å². The van der Waals surface area contributed by atoms with Crippen molar-refractivity contribution in [2.75, 3.05) is 0 Å². The number of nitrogens with one attached hydrogen (secondary N) is 1. The van der Waals surface area contributed by atoms with Gasteiger partial charge in [0.25, 0.3) is 0 Å². The molecule has 0 fully saturated rings. The molecule has 0 saturated heterocycles. The lowest BCUT2D eigenvalue weighted by Gasteiger charge is -2.16. The average molecular weight is 253 g/mol. The van der Waals surface area contributed by atoms with Crippen molar-refractivity contribution in [3.05, 3.63) is 60.0 Å². The lowest BCUT2D eigenvalue weighted by molar-refractivity contribution is 0.639. The third-order valence-electron chi connectivity index (χ3n) is 3.22. The van der Waals surface area contributed by atoms with Crippen LogP contribution in [-0.2, 0) is 7.05 Å². The van der Waals surface area contributed by atoms with E-state index >= 15 is 0 Å². The van der Waals surface area contributed by atoms with Crippen LogP contribution in [0.2, 0.25) is 0 Å². The summed E-state index contributed by atoms with van der Waals surface area (Å²) < 4.78 is 1.77. The number of aryl methyl sites for hydroxylation is 1. The van der Waals surface area contributed by atoms with Gasteiger partial charge in [0.2, 0.25) is 0 Å². The molecule has 0 bridgehead atoms. The molecule has 1 unspecified atom stereocenters. The Morgan fingerprint density at radius 3 is 2.84 bits per heavy atom. The maximum absolute atomic E-state index is 5.73. The Balaban J connectivity index is 2.16. The van der Waals surface area contributed by atoms with E-state index in [-0.39, 0.29) is 6.04 Å². The minimum absolute atomic E-state index is 0.0957. The van der Waals surface area contributed by atoms with Crippen LogP contribution in [0.4, 0.5) is 0 Å². The van der Waals surface area contributed by atoms with Crippen molar-refractivity contribution >= 4 is 10.9 Å². The summed E-state index contributed by atoms with van der Waals surface area (Å²) in [5.74, 6) is 5.73. The minimum Gasteiger partial charge on any atom is -0.275 e. The van der Waals surface area contributed by atoms with E-state index < -0.39 is 0 Å². The maximum atomic E-state index is 5.73. The molecule has 0 aliphatic heterocycles. The fourth-order valence-corrected chi connectivity index (χ4v) is 2.32. The van der Waals surface area contributed by atoms with Gasteiger partial charge in [0.1, 0.15) is 0 Å². The number of nitrogens with two attached hydrogens (primary N) is 1. The number of fused-ring (bicyclic) bond motifs is 1. The summed E-state index contributed by atoms with van der Waals surface area (Å²) in [5.41, 5.74) is 5.95. The van der Waals surface area contributed by atoms with Gasteiger partial charge in [-0.25, -0.2) is 5.43 Å². The Morgan fingerprint density at radius 1 is 1.26 bits per heavy atom. The molecule has 5 nitrogen and oxygen atoms in total. The van der Waals surface area contributed by atoms with E-state index in [2.05, 4.69) is 21.6 Å². The molecule has 0 aliphatic rings. The first-order chi connectivity index (χ1) is 9.29. The zero-order valence-electron chi connectivity index (χ0n) is 10.6. The molecule has 0 aliphatic carbocycles. The summed E-state index contributed by atoms with van der Waals surface area (Å²) in [7, 11) is 1.89. The van der Waals surface area contributed by atoms with Crippen molar-refractivity contribution < 1.29 is 0 Å². The van der Waals surface area contributed by atoms with Gasteiger partial charge in [-0.1, -0.05) is 18.2 Å². The predicted molar refractivity (Wildman–Crippen MR) is 74.1 cm³/mol. The number of hydrazine groups is 1. The predicted octanol–water partition coefficient (Wildman–Crippen LogP) is 1.52. The largest absolute Gasteiger partial charge is 0.275 e. The molecule has 2 aromatic heterocycles. The first-order valence-electron chi connectivity index (χ1n) is 6.08. The van der Waals surface area contributed by atoms with Crippen LogP contribution in [0, 0.1) is 0 Å². The van der Waals surface area contributed by atoms with E-state index in [1.165, 1.54) is 0 Å². The van der Waals surface area contributed by atoms with Crippen molar-refractivity contribution in [1.82, 2.24) is 20.2 Å². The topological polar surface area (TPSA) is 68.8 Å². The summed E-state index contributed by atoms with van der Waals surface area (Å²) in [6.45, 7) is 0. The second kappa shape index (κ2) is 4.79. The molecule has 5 heteroatoms. The third kappa shape index (κ3) is 2.09. The van der Waals surface area contributed by atoms with Crippen LogP contribution < -0.4 is 11.3 Å². The highest BCUT2D eigenvalue weighted by molar-refractivity contribution is 5.82. The summed E-state index contributed by atoms with van der Waals surface area (Å²) >= 11 is 0. The molecule has 1 aromatic carbocycles. The average Bonchev–Trinajstić information content (AvgIpc) is 2.86. The van der Waals surface area contributed by atoms with Crippen LogP contribution in [0.3, 0.4) is 0 Å². The molecule has 2 heterocycles. The molecule has 3 N–H and O–H groups in total. The molecule has 0 saturated carbocycles. The van der Waals surface area contributed by atoms with Gasteiger partial charge < -0.3 is 0 Å². The smallest absolute Gasteiger partial charge is 0.0747 e. The number of benzene rings is 1. The van der Waals surface area contributed by atoms with Crippen LogP contribution >= 0.6 is 0 Å². The number of hydrogen-bond acceptors (Lipinski definition) is 4. The van der Waals surface area contributed by atoms with Crippen LogP contribution in [0.15, 0.2) is 48.9 Å². The highest BCUT2D eigenvalue weighted by atomic mass is 15.3. The minimum atomic E-state index is -0.0957. The van der Waals surface area contributed by atoms with E-state index in [4.69, 9.17) is 5.84 Å². The lowest BCUT2D eigenvalue weighted by atomic mass is 9.98. The third-order valence-corrected chi connectivity index (χ3v) is 3.22. The Labute approximate surface area is 111 Å². The number of aromatic nitrogens is 3. The summed E-state index contributed by atoms with van der Waals surface area (Å²) in [5, 5.41) is 5.29. The van der Waals surface area contributed by atoms with Crippen molar-refractivity contribution in [2.45, 2.75) is 6.04 Å². The number of hydrogen-bond donors (Lipinski definition) is 2. The summed E-state index contributed by atoms with van der Waals surface area (Å²) in [6, 6.07) is 9.92. The molecular weight excluding hydrogens is 238 g/mol. The van der Waals surface area contributed by atoms with Gasteiger partial charge in [0.15, 0.2) is 0 Å². The maximum Gasteiger partial charge on any atom is 0.0747 e. The molecule has 3 aromatic rings. The molecule has 0 radical (unpaired) electrons. The van der Waals surface area contributed by atoms with Gasteiger partial charge in [0.05, 0.1) is 17.8 Å². The van der Waals surface area contributed by atoms with E-state index in [1.54, 1.807) is 10.9 Å². The van der Waals surface area contributed by atoms with E-state index in [0.29, 0.717) is 0 Å². The summed E-state index contributed by atoms with van der Waals surface area (Å²) in [4.78, 5) is 4.37. The van der Waals surface area contributed by atoms with Gasteiger partial charge in [-0.15, -0.1) is 0 Å². The molecular formula is C14H15N5. The highest BCUT2D eigenvalue weighted by Gasteiger charge is 2.16. The number of pyridine rings is 1. The first kappa shape index (κ1) is 11.8. The molecule has 1 atom stereocenters. The SMILES string of the molecule is Cn1cc(C(NN)c2ccnc3ccccc23)cn1. The molecule has 19 heavy (non-hydrogen) atoms. The van der Waals surface area contributed by atoms with Gasteiger partial charge in [0, 0.05) is 30.4 Å². The lowest BCUT2D eigenvalue weighted by Crippen LogP contribution is -2.28. The molecule has 3 rings (SSSR count). The second-order valence-electron chi connectivity index (χ2n) is 4.46. The monoisotopic (exact) mass is 253 g/mol. The van der Waals surface area contributed by atoms with Crippen LogP contribution in [-0.4, -0.2) is 14.8 Å². The van der Waals surface area contributed by atoms with E-state index in [0.717, 1.165) is 22.0 Å². The van der Waals surface area contributed by atoms with E-state index in [1.807, 2.05) is 43.7 Å². The zero-order chi connectivity index (χ0) is 13.2. The van der Waals surface area contributed by atoms with E-state index in [9.17, 15) is 0 Å². The fraction of sp³-hybridized carbons (Fsp3) is 0.143. The van der Waals surface area contributed by atoms with Crippen LogP contribution in [0.25, 0.3) is 10.9 Å². The van der Waals surface area contributed by atoms with Gasteiger partial charge in [-0.05, 0) is 17.7 Å². The quantitative estimate of drug-likeness (QED) is 0.548. The number of para-hydroxylation sites is 1. The molecule has 96 valence electrons. The Kier molecular flexibility index (Phi) is 2.98. The molecule has 0 amide bonds. The highest BCUT2D eigenvalue weighted by Crippen LogP contribution is 2.26. The second-order valence-corrected chi connectivity index (χ2v) is 4.46. The Morgan fingerprint density at radius 2 is 2.11 bits per heavy atom. The van der Waals surface area contributed by atoms with Crippen molar-refractivity contribution in [2.24, 2.45) is 12.9 Å². The fourth-order valence-electron chi connectivity index (χ4n) is 2.32. The Bertz CT molecular complexity index is 698. The van der Waals surface area contributed by atoms with Crippen molar-refractivity contribution in [3.63, 3.8) is 0 Å². The van der Waals surface area contributed by atoms with Crippen molar-refractivity contribution in [3.8, 4) is 0 Å². The van der Waals surface area contributed by atoms with Gasteiger partial charge in [-0.3, -0.25) is 15.5 Å². The zero-order valence-corrected chi connectivity index (χ0v) is 10.6. The van der Waals surface area contributed by atoms with Crippen molar-refractivity contribution in [1.29, 1.82) is 0 Å². The Hall–Kier alpha value is -2.24. The number of rotatable bonds is 3.